The summed E-state index contributed by atoms with van der Waals surface area (Å²) in [6.07, 6.45) is 3.57. The first-order valence-electron chi connectivity index (χ1n) is 6.71. The summed E-state index contributed by atoms with van der Waals surface area (Å²) in [5.74, 6) is 2.71. The molecule has 1 aromatic carbocycles. The van der Waals surface area contributed by atoms with Gasteiger partial charge in [-0.3, -0.25) is 5.10 Å². The molecule has 1 N–H and O–H groups in total. The van der Waals surface area contributed by atoms with E-state index in [4.69, 9.17) is 17.0 Å². The van der Waals surface area contributed by atoms with E-state index in [1.165, 1.54) is 18.4 Å². The maximum atomic E-state index is 5.98. The van der Waals surface area contributed by atoms with Gasteiger partial charge in [0.2, 0.25) is 0 Å². The topological polar surface area (TPSA) is 42.8 Å². The van der Waals surface area contributed by atoms with Crippen molar-refractivity contribution in [1.82, 2.24) is 14.8 Å². The summed E-state index contributed by atoms with van der Waals surface area (Å²) in [7, 11) is 0. The van der Waals surface area contributed by atoms with Crippen LogP contribution in [0.25, 0.3) is 0 Å². The second kappa shape index (κ2) is 4.20. The highest BCUT2D eigenvalue weighted by Crippen LogP contribution is 2.39. The van der Waals surface area contributed by atoms with Gasteiger partial charge in [-0.2, -0.15) is 5.10 Å². The lowest BCUT2D eigenvalue weighted by Crippen LogP contribution is -2.22. The fourth-order valence-corrected chi connectivity index (χ4v) is 2.93. The van der Waals surface area contributed by atoms with Crippen molar-refractivity contribution in [3.8, 4) is 5.75 Å². The third-order valence-electron chi connectivity index (χ3n) is 3.83. The Morgan fingerprint density at radius 3 is 3.00 bits per heavy atom. The number of aromatic amines is 1. The lowest BCUT2D eigenvalue weighted by molar-refractivity contribution is 0.207. The summed E-state index contributed by atoms with van der Waals surface area (Å²) in [4.78, 5) is 0. The first-order chi connectivity index (χ1) is 9.31. The molecule has 4 nitrogen and oxygen atoms in total. The first-order valence-corrected chi connectivity index (χ1v) is 7.12. The van der Waals surface area contributed by atoms with Crippen LogP contribution in [0.5, 0.6) is 5.75 Å². The highest BCUT2D eigenvalue weighted by molar-refractivity contribution is 7.71. The van der Waals surface area contributed by atoms with Crippen LogP contribution in [0.15, 0.2) is 24.3 Å². The Balaban J connectivity index is 1.57. The zero-order chi connectivity index (χ0) is 12.8. The summed E-state index contributed by atoms with van der Waals surface area (Å²) >= 11 is 5.33. The zero-order valence-corrected chi connectivity index (χ0v) is 11.3. The van der Waals surface area contributed by atoms with Crippen LogP contribution >= 0.6 is 12.2 Å². The molecule has 0 radical (unpaired) electrons. The van der Waals surface area contributed by atoms with Crippen LogP contribution in [0.3, 0.4) is 0 Å². The first kappa shape index (κ1) is 11.2. The molecule has 98 valence electrons. The van der Waals surface area contributed by atoms with Crippen LogP contribution in [-0.4, -0.2) is 20.9 Å². The predicted molar refractivity (Wildman–Crippen MR) is 73.9 cm³/mol. The molecule has 0 saturated heterocycles. The molecule has 2 aromatic rings. The van der Waals surface area contributed by atoms with Gasteiger partial charge in [-0.1, -0.05) is 18.2 Å². The lowest BCUT2D eigenvalue weighted by atomic mass is 10.1. The molecule has 0 amide bonds. The van der Waals surface area contributed by atoms with Crippen LogP contribution in [0.2, 0.25) is 0 Å². The van der Waals surface area contributed by atoms with Gasteiger partial charge in [0, 0.05) is 12.3 Å². The standard InChI is InChI=1S/C14H15N3OS/c19-14-16-15-13(9-5-6-9)17(14)8-11-7-10-3-1-2-4-12(10)18-11/h1-4,9,11H,5-8H2,(H,16,19). The van der Waals surface area contributed by atoms with Crippen molar-refractivity contribution in [2.24, 2.45) is 0 Å². The Kier molecular flexibility index (Phi) is 2.48. The normalized spacial score (nSPS) is 21.2. The van der Waals surface area contributed by atoms with Crippen LogP contribution in [-0.2, 0) is 13.0 Å². The van der Waals surface area contributed by atoms with Gasteiger partial charge in [0.15, 0.2) is 4.77 Å². The maximum absolute atomic E-state index is 5.98. The van der Waals surface area contributed by atoms with E-state index in [1.54, 1.807) is 0 Å². The second-order valence-electron chi connectivity index (χ2n) is 5.32. The van der Waals surface area contributed by atoms with Crippen molar-refractivity contribution in [3.63, 3.8) is 0 Å². The summed E-state index contributed by atoms with van der Waals surface area (Å²) in [6, 6.07) is 8.24. The molecule has 2 aliphatic rings. The Bertz CT molecular complexity index is 646. The number of nitrogens with one attached hydrogen (secondary N) is 1. The molecule has 1 aliphatic carbocycles. The molecule has 1 unspecified atom stereocenters. The van der Waals surface area contributed by atoms with Gasteiger partial charge < -0.3 is 9.30 Å². The quantitative estimate of drug-likeness (QED) is 0.874. The van der Waals surface area contributed by atoms with Crippen molar-refractivity contribution in [1.29, 1.82) is 0 Å². The highest BCUT2D eigenvalue weighted by atomic mass is 32.1. The smallest absolute Gasteiger partial charge is 0.195 e. The van der Waals surface area contributed by atoms with Gasteiger partial charge in [0.25, 0.3) is 0 Å². The molecule has 0 bridgehead atoms. The minimum atomic E-state index is 0.166. The number of aromatic nitrogens is 3. The largest absolute Gasteiger partial charge is 0.488 e. The molecular formula is C14H15N3OS. The molecule has 19 heavy (non-hydrogen) atoms. The number of rotatable bonds is 3. The number of hydrogen-bond acceptors (Lipinski definition) is 3. The van der Waals surface area contributed by atoms with E-state index in [9.17, 15) is 0 Å². The van der Waals surface area contributed by atoms with Gasteiger partial charge in [-0.05, 0) is 36.7 Å². The molecule has 0 spiro atoms. The Labute approximate surface area is 116 Å². The number of ether oxygens (including phenoxy) is 1. The van der Waals surface area contributed by atoms with Gasteiger partial charge in [-0.25, -0.2) is 0 Å². The molecule has 2 heterocycles. The van der Waals surface area contributed by atoms with Crippen LogP contribution in [0.4, 0.5) is 0 Å². The number of benzene rings is 1. The third-order valence-corrected chi connectivity index (χ3v) is 4.14. The third kappa shape index (κ3) is 1.98. The zero-order valence-electron chi connectivity index (χ0n) is 10.5. The molecule has 1 fully saturated rings. The van der Waals surface area contributed by atoms with Crippen molar-refractivity contribution < 1.29 is 4.74 Å². The number of H-pyrrole nitrogens is 1. The molecule has 1 atom stereocenters. The van der Waals surface area contributed by atoms with E-state index in [-0.39, 0.29) is 6.10 Å². The van der Waals surface area contributed by atoms with Gasteiger partial charge in [0.05, 0.1) is 6.54 Å². The number of fused-ring (bicyclic) bond motifs is 1. The molecule has 1 aliphatic heterocycles. The molecule has 4 rings (SSSR count). The van der Waals surface area contributed by atoms with E-state index < -0.39 is 0 Å². The summed E-state index contributed by atoms with van der Waals surface area (Å²) in [6.45, 7) is 0.788. The maximum Gasteiger partial charge on any atom is 0.195 e. The molecule has 1 aromatic heterocycles. The predicted octanol–water partition coefficient (Wildman–Crippen LogP) is 2.82. The fourth-order valence-electron chi connectivity index (χ4n) is 2.72. The van der Waals surface area contributed by atoms with E-state index >= 15 is 0 Å². The fraction of sp³-hybridized carbons (Fsp3) is 0.429. The Morgan fingerprint density at radius 2 is 2.21 bits per heavy atom. The molecular weight excluding hydrogens is 258 g/mol. The average Bonchev–Trinajstić information content (AvgIpc) is 3.07. The van der Waals surface area contributed by atoms with Crippen molar-refractivity contribution >= 4 is 12.2 Å². The monoisotopic (exact) mass is 273 g/mol. The summed E-state index contributed by atoms with van der Waals surface area (Å²) in [5, 5.41) is 7.27. The van der Waals surface area contributed by atoms with Crippen LogP contribution in [0.1, 0.15) is 30.1 Å². The van der Waals surface area contributed by atoms with Gasteiger partial charge >= 0.3 is 0 Å². The van der Waals surface area contributed by atoms with E-state index in [0.29, 0.717) is 10.7 Å². The SMILES string of the molecule is S=c1[nH]nc(C2CC2)n1CC1Cc2ccccc2O1. The van der Waals surface area contributed by atoms with Crippen molar-refractivity contribution in [2.75, 3.05) is 0 Å². The summed E-state index contributed by atoms with van der Waals surface area (Å²) < 4.78 is 8.81. The molecule has 1 saturated carbocycles. The van der Waals surface area contributed by atoms with Gasteiger partial charge in [0.1, 0.15) is 17.7 Å². The lowest BCUT2D eigenvalue weighted by Gasteiger charge is -2.12. The van der Waals surface area contributed by atoms with Crippen molar-refractivity contribution in [2.45, 2.75) is 37.8 Å². The van der Waals surface area contributed by atoms with Crippen LogP contribution < -0.4 is 4.74 Å². The van der Waals surface area contributed by atoms with E-state index in [0.717, 1.165) is 24.5 Å². The highest BCUT2D eigenvalue weighted by Gasteiger charge is 2.31. The van der Waals surface area contributed by atoms with E-state index in [1.807, 2.05) is 12.1 Å². The minimum absolute atomic E-state index is 0.166. The van der Waals surface area contributed by atoms with Gasteiger partial charge in [-0.15, -0.1) is 0 Å². The second-order valence-corrected chi connectivity index (χ2v) is 5.71. The van der Waals surface area contributed by atoms with E-state index in [2.05, 4.69) is 26.9 Å². The summed E-state index contributed by atoms with van der Waals surface area (Å²) in [5.41, 5.74) is 1.29. The molecule has 5 heteroatoms. The number of para-hydroxylation sites is 1. The Morgan fingerprint density at radius 1 is 1.37 bits per heavy atom. The number of nitrogens with zero attached hydrogens (tertiary/aromatic N) is 2. The van der Waals surface area contributed by atoms with Crippen LogP contribution in [0, 0.1) is 4.77 Å². The Hall–Kier alpha value is -1.62. The number of hydrogen-bond donors (Lipinski definition) is 1. The van der Waals surface area contributed by atoms with Crippen molar-refractivity contribution in [3.05, 3.63) is 40.4 Å². The average molecular weight is 273 g/mol. The minimum Gasteiger partial charge on any atom is -0.488 e.